The number of amides is 1. The molecule has 0 saturated carbocycles. The zero-order chi connectivity index (χ0) is 20.4. The summed E-state index contributed by atoms with van der Waals surface area (Å²) in [6.45, 7) is 0.557. The number of benzene rings is 2. The highest BCUT2D eigenvalue weighted by molar-refractivity contribution is 6.03. The Bertz CT molecular complexity index is 1040. The second-order valence-corrected chi connectivity index (χ2v) is 6.44. The van der Waals surface area contributed by atoms with E-state index in [-0.39, 0.29) is 24.2 Å². The second kappa shape index (κ2) is 7.88. The number of ether oxygens (including phenoxy) is 3. The Balaban J connectivity index is 1.50. The number of nitrogens with one attached hydrogen (secondary N) is 1. The van der Waals surface area contributed by atoms with Crippen LogP contribution in [0.2, 0.25) is 0 Å². The lowest BCUT2D eigenvalue weighted by Gasteiger charge is -2.24. The smallest absolute Gasteiger partial charge is 0.278 e. The van der Waals surface area contributed by atoms with E-state index < -0.39 is 5.91 Å². The maximum atomic E-state index is 13.1. The number of carbonyl (C=O) groups is 1. The Labute approximate surface area is 166 Å². The molecule has 29 heavy (non-hydrogen) atoms. The zero-order valence-corrected chi connectivity index (χ0v) is 15.9. The van der Waals surface area contributed by atoms with E-state index in [0.29, 0.717) is 29.4 Å². The molecule has 9 heteroatoms. The third-order valence-electron chi connectivity index (χ3n) is 4.70. The minimum absolute atomic E-state index is 0.170. The molecule has 3 aromatic rings. The average molecular weight is 398 g/mol. The van der Waals surface area contributed by atoms with Crippen LogP contribution in [0.3, 0.4) is 0 Å². The highest BCUT2D eigenvalue weighted by Gasteiger charge is 2.28. The van der Waals surface area contributed by atoms with Gasteiger partial charge in [-0.1, -0.05) is 17.3 Å². The summed E-state index contributed by atoms with van der Waals surface area (Å²) in [5.74, 6) is 0.356. The van der Waals surface area contributed by atoms with Crippen molar-refractivity contribution in [3.8, 4) is 11.5 Å². The van der Waals surface area contributed by atoms with E-state index in [9.17, 15) is 9.18 Å². The monoisotopic (exact) mass is 398 g/mol. The van der Waals surface area contributed by atoms with Gasteiger partial charge in [0, 0.05) is 11.8 Å². The van der Waals surface area contributed by atoms with Gasteiger partial charge < -0.3 is 19.5 Å². The third kappa shape index (κ3) is 3.77. The normalized spacial score (nSPS) is 15.5. The predicted octanol–water partition coefficient (Wildman–Crippen LogP) is 2.96. The van der Waals surface area contributed by atoms with Crippen molar-refractivity contribution in [3.63, 3.8) is 0 Å². The summed E-state index contributed by atoms with van der Waals surface area (Å²) in [6, 6.07) is 11.2. The van der Waals surface area contributed by atoms with Gasteiger partial charge in [-0.25, -0.2) is 9.07 Å². The molecule has 1 aromatic heterocycles. The number of rotatable bonds is 5. The van der Waals surface area contributed by atoms with Gasteiger partial charge in [0.2, 0.25) is 0 Å². The van der Waals surface area contributed by atoms with Gasteiger partial charge >= 0.3 is 0 Å². The molecule has 1 aliphatic heterocycles. The Hall–Kier alpha value is -3.46. The number of halogens is 1. The van der Waals surface area contributed by atoms with Crippen LogP contribution in [0.25, 0.3) is 0 Å². The molecule has 2 heterocycles. The van der Waals surface area contributed by atoms with Crippen molar-refractivity contribution in [2.45, 2.75) is 19.3 Å². The lowest BCUT2D eigenvalue weighted by Crippen LogP contribution is -2.24. The molecule has 1 atom stereocenters. The number of carbonyl (C=O) groups excluding carboxylic acids is 1. The number of methoxy groups -OCH3 is 2. The zero-order valence-electron chi connectivity index (χ0n) is 15.9. The van der Waals surface area contributed by atoms with Gasteiger partial charge in [-0.3, -0.25) is 4.79 Å². The first-order valence-electron chi connectivity index (χ1n) is 8.92. The van der Waals surface area contributed by atoms with Crippen molar-refractivity contribution in [1.82, 2.24) is 15.0 Å². The maximum absolute atomic E-state index is 13.1. The summed E-state index contributed by atoms with van der Waals surface area (Å²) >= 11 is 0. The van der Waals surface area contributed by atoms with E-state index in [2.05, 4.69) is 15.6 Å². The Morgan fingerprint density at radius 1 is 1.17 bits per heavy atom. The number of fused-ring (bicyclic) bond motifs is 1. The van der Waals surface area contributed by atoms with Gasteiger partial charge in [0.05, 0.1) is 33.1 Å². The largest absolute Gasteiger partial charge is 0.493 e. The fourth-order valence-electron chi connectivity index (χ4n) is 3.17. The first kappa shape index (κ1) is 18.9. The second-order valence-electron chi connectivity index (χ2n) is 6.44. The molecule has 0 bridgehead atoms. The Morgan fingerprint density at radius 2 is 1.93 bits per heavy atom. The van der Waals surface area contributed by atoms with Crippen molar-refractivity contribution in [2.75, 3.05) is 19.5 Å². The molecule has 0 unspecified atom stereocenters. The molecule has 0 aliphatic carbocycles. The molecular weight excluding hydrogens is 379 g/mol. The molecule has 0 radical (unpaired) electrons. The fourth-order valence-corrected chi connectivity index (χ4v) is 3.17. The van der Waals surface area contributed by atoms with Crippen LogP contribution in [0.15, 0.2) is 42.5 Å². The quantitative estimate of drug-likeness (QED) is 0.711. The van der Waals surface area contributed by atoms with Gasteiger partial charge in [0.15, 0.2) is 17.2 Å². The van der Waals surface area contributed by atoms with Crippen molar-refractivity contribution in [2.24, 2.45) is 0 Å². The third-order valence-corrected chi connectivity index (χ3v) is 4.70. The Kier molecular flexibility index (Phi) is 5.13. The van der Waals surface area contributed by atoms with Crippen LogP contribution in [0.4, 0.5) is 10.1 Å². The van der Waals surface area contributed by atoms with Crippen molar-refractivity contribution in [1.29, 1.82) is 0 Å². The van der Waals surface area contributed by atoms with Crippen LogP contribution in [0.1, 0.15) is 27.8 Å². The molecule has 0 fully saturated rings. The van der Waals surface area contributed by atoms with Crippen LogP contribution in [-0.2, 0) is 17.9 Å². The van der Waals surface area contributed by atoms with Crippen LogP contribution in [0, 0.1) is 5.82 Å². The lowest BCUT2D eigenvalue weighted by molar-refractivity contribution is -0.00174. The van der Waals surface area contributed by atoms with Crippen LogP contribution in [-0.4, -0.2) is 35.1 Å². The minimum atomic E-state index is -0.401. The van der Waals surface area contributed by atoms with E-state index in [0.717, 1.165) is 5.56 Å². The van der Waals surface area contributed by atoms with Crippen LogP contribution >= 0.6 is 0 Å². The molecule has 0 spiro atoms. The molecule has 1 N–H and O–H groups in total. The maximum Gasteiger partial charge on any atom is 0.278 e. The molecule has 150 valence electrons. The summed E-state index contributed by atoms with van der Waals surface area (Å²) < 4.78 is 31.1. The van der Waals surface area contributed by atoms with Crippen LogP contribution < -0.4 is 14.8 Å². The number of hydrogen-bond donors (Lipinski definition) is 1. The topological polar surface area (TPSA) is 87.5 Å². The number of aromatic nitrogens is 3. The van der Waals surface area contributed by atoms with Crippen LogP contribution in [0.5, 0.6) is 11.5 Å². The van der Waals surface area contributed by atoms with Gasteiger partial charge in [-0.05, 0) is 29.8 Å². The summed E-state index contributed by atoms with van der Waals surface area (Å²) in [6.07, 6.45) is -0.286. The van der Waals surface area contributed by atoms with E-state index in [1.807, 2.05) is 0 Å². The molecule has 0 saturated heterocycles. The fraction of sp³-hybridized carbons (Fsp3) is 0.250. The lowest BCUT2D eigenvalue weighted by atomic mass is 10.1. The molecule has 1 aliphatic rings. The number of hydrogen-bond acceptors (Lipinski definition) is 6. The average Bonchev–Trinajstić information content (AvgIpc) is 3.17. The van der Waals surface area contributed by atoms with E-state index in [1.54, 1.807) is 42.1 Å². The molecule has 8 nitrogen and oxygen atoms in total. The minimum Gasteiger partial charge on any atom is -0.493 e. The summed E-state index contributed by atoms with van der Waals surface area (Å²) in [5.41, 5.74) is 2.15. The van der Waals surface area contributed by atoms with Gasteiger partial charge in [0.1, 0.15) is 11.9 Å². The standard InChI is InChI=1S/C20H19FN4O4/c1-27-16-8-7-14(9-17(16)28-2)22-20(26)19-15-11-29-18(10-25(15)24-23-19)12-3-5-13(21)6-4-12/h3-9,18H,10-11H2,1-2H3,(H,22,26)/t18-/m0/s1. The predicted molar refractivity (Wildman–Crippen MR) is 101 cm³/mol. The highest BCUT2D eigenvalue weighted by Crippen LogP contribution is 2.31. The Morgan fingerprint density at radius 3 is 2.66 bits per heavy atom. The first-order chi connectivity index (χ1) is 14.1. The molecule has 2 aromatic carbocycles. The first-order valence-corrected chi connectivity index (χ1v) is 8.92. The summed E-state index contributed by atoms with van der Waals surface area (Å²) in [7, 11) is 3.06. The van der Waals surface area contributed by atoms with Gasteiger partial charge in [-0.2, -0.15) is 0 Å². The molecule has 1 amide bonds. The van der Waals surface area contributed by atoms with Gasteiger partial charge in [0.25, 0.3) is 5.91 Å². The van der Waals surface area contributed by atoms with E-state index in [1.165, 1.54) is 19.2 Å². The van der Waals surface area contributed by atoms with E-state index in [4.69, 9.17) is 14.2 Å². The van der Waals surface area contributed by atoms with Crippen molar-refractivity contribution >= 4 is 11.6 Å². The van der Waals surface area contributed by atoms with E-state index >= 15 is 0 Å². The van der Waals surface area contributed by atoms with Crippen molar-refractivity contribution in [3.05, 3.63) is 65.2 Å². The van der Waals surface area contributed by atoms with Crippen molar-refractivity contribution < 1.29 is 23.4 Å². The number of anilines is 1. The highest BCUT2D eigenvalue weighted by atomic mass is 19.1. The number of nitrogens with zero attached hydrogens (tertiary/aromatic N) is 3. The van der Waals surface area contributed by atoms with Gasteiger partial charge in [-0.15, -0.1) is 5.10 Å². The molecule has 4 rings (SSSR count). The molecular formula is C20H19FN4O4. The summed E-state index contributed by atoms with van der Waals surface area (Å²) in [5, 5.41) is 10.9. The summed E-state index contributed by atoms with van der Waals surface area (Å²) in [4.78, 5) is 12.7. The SMILES string of the molecule is COc1ccc(NC(=O)c2nnn3c2CO[C@H](c2ccc(F)cc2)C3)cc1OC.